The molecule has 1 aliphatic carbocycles. The Morgan fingerprint density at radius 3 is 2.50 bits per heavy atom. The monoisotopic (exact) mass is 227 g/mol. The Morgan fingerprint density at radius 2 is 1.88 bits per heavy atom. The molecule has 1 N–H and O–H groups in total. The highest BCUT2D eigenvalue weighted by Gasteiger charge is 2.26. The van der Waals surface area contributed by atoms with Crippen molar-refractivity contribution in [1.82, 2.24) is 5.32 Å². The maximum atomic E-state index is 6.20. The Morgan fingerprint density at radius 1 is 1.19 bits per heavy atom. The van der Waals surface area contributed by atoms with Gasteiger partial charge in [-0.15, -0.1) is 0 Å². The van der Waals surface area contributed by atoms with Crippen molar-refractivity contribution >= 4 is 0 Å². The van der Waals surface area contributed by atoms with Crippen LogP contribution in [-0.4, -0.2) is 24.8 Å². The Bertz CT molecular complexity index is 180. The van der Waals surface area contributed by atoms with E-state index in [-0.39, 0.29) is 0 Å². The van der Waals surface area contributed by atoms with Gasteiger partial charge in [-0.1, -0.05) is 33.6 Å². The van der Waals surface area contributed by atoms with Crippen LogP contribution < -0.4 is 5.32 Å². The summed E-state index contributed by atoms with van der Waals surface area (Å²) in [7, 11) is 0. The van der Waals surface area contributed by atoms with Gasteiger partial charge in [0.25, 0.3) is 0 Å². The SMILES string of the molecule is CCNC1CCCCC1OC(C)CC(C)C. The van der Waals surface area contributed by atoms with E-state index >= 15 is 0 Å². The molecule has 3 atom stereocenters. The summed E-state index contributed by atoms with van der Waals surface area (Å²) in [5.74, 6) is 0.733. The zero-order valence-corrected chi connectivity index (χ0v) is 11.5. The fraction of sp³-hybridized carbons (Fsp3) is 1.00. The molecular formula is C14H29NO. The molecule has 0 aromatic rings. The maximum Gasteiger partial charge on any atom is 0.0731 e. The molecular weight excluding hydrogens is 198 g/mol. The second-order valence-corrected chi connectivity index (χ2v) is 5.56. The molecule has 0 amide bonds. The number of hydrogen-bond donors (Lipinski definition) is 1. The normalized spacial score (nSPS) is 28.3. The lowest BCUT2D eigenvalue weighted by Gasteiger charge is -2.34. The first kappa shape index (κ1) is 14.0. The Balaban J connectivity index is 2.36. The largest absolute Gasteiger partial charge is 0.374 e. The third-order valence-corrected chi connectivity index (χ3v) is 3.38. The van der Waals surface area contributed by atoms with Crippen LogP contribution >= 0.6 is 0 Å². The van der Waals surface area contributed by atoms with Crippen LogP contribution in [0.2, 0.25) is 0 Å². The molecule has 1 saturated carbocycles. The molecule has 0 aromatic carbocycles. The van der Waals surface area contributed by atoms with Gasteiger partial charge in [0.05, 0.1) is 12.2 Å². The number of ether oxygens (including phenoxy) is 1. The van der Waals surface area contributed by atoms with Crippen molar-refractivity contribution in [2.45, 2.75) is 78.0 Å². The van der Waals surface area contributed by atoms with Crippen LogP contribution in [0, 0.1) is 5.92 Å². The Kier molecular flexibility index (Phi) is 6.37. The maximum absolute atomic E-state index is 6.20. The molecule has 2 heteroatoms. The van der Waals surface area contributed by atoms with E-state index in [1.54, 1.807) is 0 Å². The van der Waals surface area contributed by atoms with Crippen LogP contribution in [-0.2, 0) is 4.74 Å². The van der Waals surface area contributed by atoms with Crippen molar-refractivity contribution in [2.24, 2.45) is 5.92 Å². The molecule has 0 bridgehead atoms. The van der Waals surface area contributed by atoms with Crippen molar-refractivity contribution < 1.29 is 4.74 Å². The number of rotatable bonds is 6. The quantitative estimate of drug-likeness (QED) is 0.751. The van der Waals surface area contributed by atoms with Crippen molar-refractivity contribution in [2.75, 3.05) is 6.54 Å². The fourth-order valence-electron chi connectivity index (χ4n) is 2.77. The van der Waals surface area contributed by atoms with E-state index in [1.807, 2.05) is 0 Å². The molecule has 2 nitrogen and oxygen atoms in total. The predicted molar refractivity (Wildman–Crippen MR) is 69.7 cm³/mol. The van der Waals surface area contributed by atoms with Crippen LogP contribution in [0.4, 0.5) is 0 Å². The van der Waals surface area contributed by atoms with Gasteiger partial charge in [-0.3, -0.25) is 0 Å². The molecule has 3 unspecified atom stereocenters. The van der Waals surface area contributed by atoms with E-state index < -0.39 is 0 Å². The van der Waals surface area contributed by atoms with Gasteiger partial charge < -0.3 is 10.1 Å². The molecule has 1 rings (SSSR count). The zero-order chi connectivity index (χ0) is 12.0. The summed E-state index contributed by atoms with van der Waals surface area (Å²) in [4.78, 5) is 0. The van der Waals surface area contributed by atoms with E-state index in [0.29, 0.717) is 18.2 Å². The summed E-state index contributed by atoms with van der Waals surface area (Å²) in [6.45, 7) is 9.99. The first-order chi connectivity index (χ1) is 7.63. The zero-order valence-electron chi connectivity index (χ0n) is 11.5. The summed E-state index contributed by atoms with van der Waals surface area (Å²) in [5, 5.41) is 3.57. The second-order valence-electron chi connectivity index (χ2n) is 5.56. The molecule has 0 aliphatic heterocycles. The molecule has 1 aliphatic rings. The van der Waals surface area contributed by atoms with Crippen molar-refractivity contribution in [3.05, 3.63) is 0 Å². The summed E-state index contributed by atoms with van der Waals surface area (Å²) < 4.78 is 6.20. The van der Waals surface area contributed by atoms with Crippen molar-refractivity contribution in [3.63, 3.8) is 0 Å². The Labute approximate surface area is 101 Å². The highest BCUT2D eigenvalue weighted by atomic mass is 16.5. The van der Waals surface area contributed by atoms with Gasteiger partial charge in [0, 0.05) is 6.04 Å². The van der Waals surface area contributed by atoms with Crippen LogP contribution in [0.3, 0.4) is 0 Å². The molecule has 0 saturated heterocycles. The van der Waals surface area contributed by atoms with Gasteiger partial charge in [-0.25, -0.2) is 0 Å². The molecule has 0 spiro atoms. The lowest BCUT2D eigenvalue weighted by Crippen LogP contribution is -2.44. The summed E-state index contributed by atoms with van der Waals surface area (Å²) in [5.41, 5.74) is 0. The molecule has 1 fully saturated rings. The lowest BCUT2D eigenvalue weighted by molar-refractivity contribution is -0.0456. The second kappa shape index (κ2) is 7.29. The number of likely N-dealkylation sites (N-methyl/N-ethyl adjacent to an activating group) is 1. The standard InChI is InChI=1S/C14H29NO/c1-5-15-13-8-6-7-9-14(13)16-12(4)10-11(2)3/h11-15H,5-10H2,1-4H3. The average Bonchev–Trinajstić information content (AvgIpc) is 2.20. The molecule has 0 radical (unpaired) electrons. The lowest BCUT2D eigenvalue weighted by atomic mass is 9.92. The molecule has 0 heterocycles. The summed E-state index contributed by atoms with van der Waals surface area (Å²) >= 11 is 0. The highest BCUT2D eigenvalue weighted by molar-refractivity contribution is 4.82. The van der Waals surface area contributed by atoms with Crippen LogP contribution in [0.25, 0.3) is 0 Å². The number of nitrogens with one attached hydrogen (secondary N) is 1. The van der Waals surface area contributed by atoms with Gasteiger partial charge in [-0.05, 0) is 38.6 Å². The van der Waals surface area contributed by atoms with Crippen molar-refractivity contribution in [3.8, 4) is 0 Å². The van der Waals surface area contributed by atoms with Crippen molar-refractivity contribution in [1.29, 1.82) is 0 Å². The van der Waals surface area contributed by atoms with E-state index in [2.05, 4.69) is 33.0 Å². The third kappa shape index (κ3) is 4.84. The van der Waals surface area contributed by atoms with Gasteiger partial charge in [0.15, 0.2) is 0 Å². The summed E-state index contributed by atoms with van der Waals surface area (Å²) in [6.07, 6.45) is 7.24. The van der Waals surface area contributed by atoms with Gasteiger partial charge in [0.2, 0.25) is 0 Å². The average molecular weight is 227 g/mol. The van der Waals surface area contributed by atoms with Crippen LogP contribution in [0.5, 0.6) is 0 Å². The first-order valence-electron chi connectivity index (χ1n) is 7.02. The fourth-order valence-corrected chi connectivity index (χ4v) is 2.77. The minimum absolute atomic E-state index is 0.407. The van der Waals surface area contributed by atoms with Gasteiger partial charge in [0.1, 0.15) is 0 Å². The van der Waals surface area contributed by atoms with Gasteiger partial charge >= 0.3 is 0 Å². The minimum atomic E-state index is 0.407. The molecule has 0 aromatic heterocycles. The topological polar surface area (TPSA) is 21.3 Å². The van der Waals surface area contributed by atoms with Crippen LogP contribution in [0.1, 0.15) is 59.8 Å². The number of hydrogen-bond acceptors (Lipinski definition) is 2. The van der Waals surface area contributed by atoms with E-state index in [0.717, 1.165) is 12.5 Å². The summed E-state index contributed by atoms with van der Waals surface area (Å²) in [6, 6.07) is 0.591. The van der Waals surface area contributed by atoms with Crippen LogP contribution in [0.15, 0.2) is 0 Å². The first-order valence-corrected chi connectivity index (χ1v) is 7.02. The van der Waals surface area contributed by atoms with Gasteiger partial charge in [-0.2, -0.15) is 0 Å². The Hall–Kier alpha value is -0.0800. The third-order valence-electron chi connectivity index (χ3n) is 3.38. The van der Waals surface area contributed by atoms with E-state index in [9.17, 15) is 0 Å². The smallest absolute Gasteiger partial charge is 0.0731 e. The van der Waals surface area contributed by atoms with E-state index in [1.165, 1.54) is 32.1 Å². The van der Waals surface area contributed by atoms with E-state index in [4.69, 9.17) is 4.74 Å². The predicted octanol–water partition coefficient (Wildman–Crippen LogP) is 3.36. The highest BCUT2D eigenvalue weighted by Crippen LogP contribution is 2.23. The molecule has 96 valence electrons. The minimum Gasteiger partial charge on any atom is -0.374 e. The molecule has 16 heavy (non-hydrogen) atoms.